The van der Waals surface area contributed by atoms with Gasteiger partial charge in [-0.15, -0.1) is 0 Å². The summed E-state index contributed by atoms with van der Waals surface area (Å²) in [7, 11) is 0. The summed E-state index contributed by atoms with van der Waals surface area (Å²) in [5, 5.41) is 57.3. The van der Waals surface area contributed by atoms with Crippen LogP contribution in [0.2, 0.25) is 0 Å². The number of aromatic amines is 2. The van der Waals surface area contributed by atoms with E-state index in [1.807, 2.05) is 0 Å². The molecular weight excluding hydrogens is 1300 g/mol. The van der Waals surface area contributed by atoms with E-state index < -0.39 is 211 Å². The highest BCUT2D eigenvalue weighted by atomic mass is 16.4. The lowest BCUT2D eigenvalue weighted by Crippen LogP contribution is -2.62. The smallest absolute Gasteiger partial charge is 0.326 e. The highest BCUT2D eigenvalue weighted by Gasteiger charge is 2.39. The van der Waals surface area contributed by atoms with Gasteiger partial charge in [-0.05, 0) is 49.1 Å². The highest BCUT2D eigenvalue weighted by Crippen LogP contribution is 2.20. The maximum absolute atomic E-state index is 14.6. The molecule has 3 rings (SSSR count). The molecule has 0 aliphatic carbocycles. The number of carboxylic acid groups (broad SMARTS) is 1. The van der Waals surface area contributed by atoms with Gasteiger partial charge in [0.25, 0.3) is 0 Å². The average Bonchev–Trinajstić information content (AvgIpc) is 1.76. The van der Waals surface area contributed by atoms with E-state index in [9.17, 15) is 92.0 Å². The summed E-state index contributed by atoms with van der Waals surface area (Å²) in [6.07, 6.45) is -0.753. The molecule has 26 N–H and O–H groups in total. The number of hydrogen-bond acceptors (Lipinski definition) is 20. The van der Waals surface area contributed by atoms with E-state index in [0.29, 0.717) is 22.2 Å². The van der Waals surface area contributed by atoms with E-state index in [2.05, 4.69) is 73.4 Å². The van der Waals surface area contributed by atoms with Crippen LogP contribution in [-0.4, -0.2) is 211 Å². The van der Waals surface area contributed by atoms with Gasteiger partial charge in [0.1, 0.15) is 60.4 Å². The fourth-order valence-electron chi connectivity index (χ4n) is 9.82. The molecule has 0 radical (unpaired) electrons. The van der Waals surface area contributed by atoms with E-state index in [4.69, 9.17) is 28.7 Å². The van der Waals surface area contributed by atoms with Gasteiger partial charge in [0.2, 0.25) is 88.6 Å². The number of primary amides is 4. The number of aliphatic hydroxyl groups excluding tert-OH is 2. The molecule has 1 aromatic carbocycles. The van der Waals surface area contributed by atoms with Crippen molar-refractivity contribution in [3.05, 3.63) is 54.2 Å². The lowest BCUT2D eigenvalue weighted by molar-refractivity contribution is -0.144. The molecule has 0 spiro atoms. The van der Waals surface area contributed by atoms with Crippen molar-refractivity contribution in [3.63, 3.8) is 0 Å². The van der Waals surface area contributed by atoms with E-state index in [-0.39, 0.29) is 50.9 Å². The summed E-state index contributed by atoms with van der Waals surface area (Å²) in [6.45, 7) is 8.81. The van der Waals surface area contributed by atoms with Gasteiger partial charge in [0.15, 0.2) is 0 Å². The van der Waals surface area contributed by atoms with Crippen molar-refractivity contribution in [1.29, 1.82) is 0 Å². The number of nitrogens with one attached hydrogen (secondary N) is 13. The van der Waals surface area contributed by atoms with Gasteiger partial charge < -0.3 is 112 Å². The number of amides is 15. The third-order valence-electron chi connectivity index (χ3n) is 15.7. The number of carbonyl (C=O) groups is 16. The van der Waals surface area contributed by atoms with Gasteiger partial charge in [-0.25, -0.2) is 9.78 Å². The van der Waals surface area contributed by atoms with E-state index >= 15 is 0 Å². The Morgan fingerprint density at radius 3 is 1.46 bits per heavy atom. The van der Waals surface area contributed by atoms with Gasteiger partial charge in [-0.2, -0.15) is 0 Å². The van der Waals surface area contributed by atoms with Gasteiger partial charge in [0, 0.05) is 48.3 Å². The Morgan fingerprint density at radius 1 is 0.515 bits per heavy atom. The van der Waals surface area contributed by atoms with Crippen LogP contribution in [0.4, 0.5) is 0 Å². The normalized spacial score (nSPS) is 15.4. The third kappa shape index (κ3) is 27.4. The Balaban J connectivity index is 1.84. The van der Waals surface area contributed by atoms with E-state index in [0.717, 1.165) is 6.92 Å². The average molecular weight is 1400 g/mol. The summed E-state index contributed by atoms with van der Waals surface area (Å²) in [6, 6.07) is -11.3. The van der Waals surface area contributed by atoms with Crippen LogP contribution in [0, 0.1) is 17.8 Å². The summed E-state index contributed by atoms with van der Waals surface area (Å²) >= 11 is 0. The molecule has 38 nitrogen and oxygen atoms in total. The molecule has 0 fully saturated rings. The van der Waals surface area contributed by atoms with Crippen LogP contribution in [0.15, 0.2) is 43.0 Å². The Bertz CT molecular complexity index is 3360. The second kappa shape index (κ2) is 40.2. The van der Waals surface area contributed by atoms with Crippen LogP contribution < -0.4 is 87.2 Å². The summed E-state index contributed by atoms with van der Waals surface area (Å²) in [4.78, 5) is 221. The fraction of sp³-hybridized carbons (Fsp3) is 0.557. The lowest BCUT2D eigenvalue weighted by Gasteiger charge is -2.30. The van der Waals surface area contributed by atoms with Gasteiger partial charge >= 0.3 is 5.97 Å². The van der Waals surface area contributed by atoms with Crippen molar-refractivity contribution in [1.82, 2.24) is 73.4 Å². The number of H-pyrrole nitrogens is 2. The molecule has 0 unspecified atom stereocenters. The first-order valence-corrected chi connectivity index (χ1v) is 31.7. The zero-order chi connectivity index (χ0) is 74.5. The minimum absolute atomic E-state index is 0.0529. The Kier molecular flexibility index (Phi) is 33.5. The summed E-state index contributed by atoms with van der Waals surface area (Å²) < 4.78 is 0. The van der Waals surface area contributed by atoms with Gasteiger partial charge in [0.05, 0.1) is 50.9 Å². The van der Waals surface area contributed by atoms with Crippen molar-refractivity contribution in [2.75, 3.05) is 13.2 Å². The number of carbonyl (C=O) groups excluding carboxylic acids is 15. The predicted molar refractivity (Wildman–Crippen MR) is 349 cm³/mol. The van der Waals surface area contributed by atoms with Crippen LogP contribution in [-0.2, 0) is 89.6 Å². The molecule has 0 saturated heterocycles. The van der Waals surface area contributed by atoms with Crippen LogP contribution >= 0.6 is 0 Å². The molecule has 0 aliphatic rings. The molecule has 0 aliphatic heterocycles. The molecule has 3 aromatic rings. The molecule has 38 heteroatoms. The molecule has 14 atom stereocenters. The molecule has 15 amide bonds. The molecule has 0 bridgehead atoms. The van der Waals surface area contributed by atoms with Gasteiger partial charge in [-0.1, -0.05) is 72.6 Å². The number of aliphatic hydroxyl groups is 2. The van der Waals surface area contributed by atoms with Crippen molar-refractivity contribution in [2.45, 2.75) is 185 Å². The number of nitrogens with two attached hydrogens (primary N) is 5. The predicted octanol–water partition coefficient (Wildman–Crippen LogP) is -7.54. The molecule has 2 aromatic heterocycles. The van der Waals surface area contributed by atoms with Crippen molar-refractivity contribution in [2.24, 2.45) is 46.4 Å². The molecule has 0 saturated carbocycles. The topological polar surface area (TPSA) is 641 Å². The quantitative estimate of drug-likeness (QED) is 0.0250. The number of benzene rings is 1. The first-order valence-electron chi connectivity index (χ1n) is 31.7. The van der Waals surface area contributed by atoms with E-state index in [1.54, 1.807) is 72.0 Å². The monoisotopic (exact) mass is 1400 g/mol. The Hall–Kier alpha value is -10.6. The largest absolute Gasteiger partial charge is 0.480 e. The van der Waals surface area contributed by atoms with Crippen LogP contribution in [0.5, 0.6) is 0 Å². The number of aromatic nitrogens is 3. The highest BCUT2D eigenvalue weighted by molar-refractivity contribution is 6.01. The first kappa shape index (κ1) is 82.6. The maximum Gasteiger partial charge on any atom is 0.326 e. The minimum atomic E-state index is -2.04. The van der Waals surface area contributed by atoms with Crippen LogP contribution in [0.25, 0.3) is 10.9 Å². The number of aliphatic carboxylic acids is 1. The van der Waals surface area contributed by atoms with Crippen molar-refractivity contribution in [3.8, 4) is 0 Å². The third-order valence-corrected chi connectivity index (χ3v) is 15.7. The number of rotatable bonds is 44. The Morgan fingerprint density at radius 2 is 0.970 bits per heavy atom. The SMILES string of the molecule is CC[C@H](C)[C@H](NC(=O)[C@H](Cc1cnc[nH]1)NC(=O)[C@H](Cc1c[nH]c2ccccc12)NC(=O)[C@H](CO)NC(=O)CNC(=O)[C@H](CC(N)=O)NC(=O)[C@@H](NC(=O)[C@H](CC(N)=O)NC(=O)[C@@H](NC(=O)[C@H](CC(C)C)NC(=O)[C@@H](N)CCC(N)=O)[C@@H](C)CC)[C@@H](C)O)C(=O)N[C@@H](CC(N)=O)C(=O)O. The van der Waals surface area contributed by atoms with Crippen molar-refractivity contribution >= 4 is 105 Å². The number of imidazole rings is 1. The minimum Gasteiger partial charge on any atom is -0.480 e. The standard InChI is InChI=1S/C61H93N19O19/c1-8-28(5)48(78-54(91)36(16-27(3)4)72-51(88)34(62)14-15-43(63)83)58(95)76-40(20-45(65)85)56(93)80-50(30(7)82)60(97)75-39(19-44(64)84)52(89)69-24-47(87)71-42(25-81)57(94)73-37(17-31-22-68-35-13-11-10-12-33(31)35)53(90)74-38(18-32-23-67-26-70-32)55(92)79-49(29(6)9-2)59(96)77-41(61(98)99)21-46(66)86/h10-13,22-23,26-30,34,36-42,48-50,68,81-82H,8-9,14-21,24-25,62H2,1-7H3,(H2,63,83)(H2,64,84)(H2,65,85)(H2,66,86)(H,67,70)(H,69,89)(H,71,87)(H,72,88)(H,73,94)(H,74,90)(H,75,97)(H,76,95)(H,77,96)(H,78,91)(H,79,92)(H,80,93)(H,98,99)/t28-,29-,30+,34-,36-,37-,38-,39-,40-,41-,42-,48-,49-,50-/m0/s1. The number of fused-ring (bicyclic) bond motifs is 1. The number of hydrogen-bond donors (Lipinski definition) is 21. The first-order chi connectivity index (χ1) is 46.5. The zero-order valence-electron chi connectivity index (χ0n) is 55.9. The molecular formula is C61H93N19O19. The maximum atomic E-state index is 14.6. The second-order valence-corrected chi connectivity index (χ2v) is 24.3. The fourth-order valence-corrected chi connectivity index (χ4v) is 9.82. The summed E-state index contributed by atoms with van der Waals surface area (Å²) in [5.41, 5.74) is 28.5. The van der Waals surface area contributed by atoms with Crippen molar-refractivity contribution < 1.29 is 92.0 Å². The summed E-state index contributed by atoms with van der Waals surface area (Å²) in [5.74, 6) is -19.2. The van der Waals surface area contributed by atoms with E-state index in [1.165, 1.54) is 12.5 Å². The molecule has 546 valence electrons. The number of para-hydroxylation sites is 1. The number of nitrogens with zero attached hydrogens (tertiary/aromatic N) is 1. The lowest BCUT2D eigenvalue weighted by atomic mass is 9.96. The zero-order valence-corrected chi connectivity index (χ0v) is 55.9. The van der Waals surface area contributed by atoms with Crippen LogP contribution in [0.1, 0.15) is 111 Å². The van der Waals surface area contributed by atoms with Crippen LogP contribution in [0.3, 0.4) is 0 Å². The second-order valence-electron chi connectivity index (χ2n) is 24.3. The molecule has 2 heterocycles. The van der Waals surface area contributed by atoms with Gasteiger partial charge in [-0.3, -0.25) is 71.9 Å². The Labute approximate surface area is 568 Å². The molecule has 99 heavy (non-hydrogen) atoms. The number of carboxylic acids is 1.